The van der Waals surface area contributed by atoms with Crippen molar-refractivity contribution in [3.63, 3.8) is 0 Å². The Morgan fingerprint density at radius 2 is 1.15 bits per heavy atom. The van der Waals surface area contributed by atoms with Gasteiger partial charge in [0.2, 0.25) is 0 Å². The van der Waals surface area contributed by atoms with E-state index in [1.165, 1.54) is 47.6 Å². The number of fused-ring (bicyclic) bond motifs is 9. The minimum atomic E-state index is 0.0490. The van der Waals surface area contributed by atoms with Gasteiger partial charge in [-0.15, -0.1) is 11.3 Å². The molecule has 0 amide bonds. The summed E-state index contributed by atoms with van der Waals surface area (Å²) in [5.74, 6) is 3.60. The van der Waals surface area contributed by atoms with Crippen LogP contribution in [0.15, 0.2) is 140 Å². The van der Waals surface area contributed by atoms with Crippen LogP contribution in [0.1, 0.15) is 5.56 Å². The van der Waals surface area contributed by atoms with Crippen molar-refractivity contribution >= 4 is 82.4 Å². The summed E-state index contributed by atoms with van der Waals surface area (Å²) in [4.78, 5) is 2.37. The van der Waals surface area contributed by atoms with Gasteiger partial charge in [0.15, 0.2) is 0 Å². The Labute approximate surface area is 271 Å². The van der Waals surface area contributed by atoms with Gasteiger partial charge in [0.1, 0.15) is 23.0 Å². The minimum absolute atomic E-state index is 0.0490. The number of hydrogen-bond acceptors (Lipinski definition) is 4. The molecule has 3 heterocycles. The summed E-state index contributed by atoms with van der Waals surface area (Å²) < 4.78 is 15.7. The van der Waals surface area contributed by atoms with Crippen molar-refractivity contribution in [2.24, 2.45) is 0 Å². The van der Waals surface area contributed by atoms with Crippen molar-refractivity contribution in [2.45, 2.75) is 6.92 Å². The Morgan fingerprint density at radius 1 is 0.522 bits per heavy atom. The maximum atomic E-state index is 6.75. The zero-order valence-electron chi connectivity index (χ0n) is 25.0. The number of para-hydroxylation sites is 3. The highest BCUT2D eigenvalue weighted by Crippen LogP contribution is 2.47. The van der Waals surface area contributed by atoms with E-state index in [-0.39, 0.29) is 6.71 Å². The van der Waals surface area contributed by atoms with Crippen molar-refractivity contribution in [3.8, 4) is 23.0 Å². The fraction of sp³-hybridized carbons (Fsp3) is 0.0244. The third-order valence-corrected chi connectivity index (χ3v) is 10.5. The van der Waals surface area contributed by atoms with Gasteiger partial charge in [0, 0.05) is 42.4 Å². The maximum absolute atomic E-state index is 6.75. The smallest absolute Gasteiger partial charge is 0.260 e. The average molecular weight is 608 g/mol. The highest BCUT2D eigenvalue weighted by atomic mass is 32.1. The Kier molecular flexibility index (Phi) is 5.46. The molecule has 8 aromatic rings. The third-order valence-electron chi connectivity index (χ3n) is 9.38. The Morgan fingerprint density at radius 3 is 1.89 bits per heavy atom. The molecule has 7 aromatic carbocycles. The molecule has 3 nitrogen and oxygen atoms in total. The largest absolute Gasteiger partial charge is 0.458 e. The first-order chi connectivity index (χ1) is 22.7. The summed E-state index contributed by atoms with van der Waals surface area (Å²) in [6.07, 6.45) is 0. The van der Waals surface area contributed by atoms with Gasteiger partial charge in [-0.3, -0.25) is 0 Å². The maximum Gasteiger partial charge on any atom is 0.260 e. The first-order valence-corrected chi connectivity index (χ1v) is 16.4. The second-order valence-electron chi connectivity index (χ2n) is 12.2. The monoisotopic (exact) mass is 607 g/mol. The molecule has 0 saturated heterocycles. The van der Waals surface area contributed by atoms with Gasteiger partial charge in [-0.1, -0.05) is 78.9 Å². The van der Waals surface area contributed by atoms with Gasteiger partial charge < -0.3 is 14.4 Å². The summed E-state index contributed by atoms with van der Waals surface area (Å²) in [6, 6.07) is 49.8. The van der Waals surface area contributed by atoms with E-state index in [9.17, 15) is 0 Å². The number of anilines is 3. The van der Waals surface area contributed by atoms with Crippen molar-refractivity contribution in [3.05, 3.63) is 145 Å². The normalized spacial score (nSPS) is 12.8. The molecule has 0 aliphatic carbocycles. The lowest BCUT2D eigenvalue weighted by atomic mass is 9.35. The molecular weight excluding hydrogens is 581 g/mol. The predicted molar refractivity (Wildman–Crippen MR) is 194 cm³/mol. The molecule has 5 heteroatoms. The van der Waals surface area contributed by atoms with Crippen LogP contribution < -0.4 is 30.8 Å². The summed E-state index contributed by atoms with van der Waals surface area (Å²) in [6.45, 7) is 2.15. The molecule has 1 aromatic heterocycles. The van der Waals surface area contributed by atoms with E-state index >= 15 is 0 Å². The Balaban J connectivity index is 1.25. The molecule has 0 atom stereocenters. The first-order valence-electron chi connectivity index (χ1n) is 15.6. The highest BCUT2D eigenvalue weighted by Gasteiger charge is 2.40. The van der Waals surface area contributed by atoms with Crippen molar-refractivity contribution in [2.75, 3.05) is 4.90 Å². The number of ether oxygens (including phenoxy) is 2. The quantitative estimate of drug-likeness (QED) is 0.187. The van der Waals surface area contributed by atoms with Crippen molar-refractivity contribution in [1.82, 2.24) is 0 Å². The molecule has 0 N–H and O–H groups in total. The summed E-state index contributed by atoms with van der Waals surface area (Å²) >= 11 is 1.86. The molecule has 0 fully saturated rings. The molecule has 0 spiro atoms. The fourth-order valence-corrected chi connectivity index (χ4v) is 8.64. The lowest BCUT2D eigenvalue weighted by molar-refractivity contribution is 0.464. The van der Waals surface area contributed by atoms with Crippen LogP contribution in [0.2, 0.25) is 0 Å². The van der Waals surface area contributed by atoms with E-state index in [0.717, 1.165) is 45.4 Å². The van der Waals surface area contributed by atoms with E-state index in [0.29, 0.717) is 0 Å². The van der Waals surface area contributed by atoms with E-state index in [1.807, 2.05) is 17.4 Å². The standard InChI is InChI=1S/C41H26BNO2S/c1-25-20-36-41-37(21-25)45-35-22-30-38(23-32(35)42(41)31-18-10-11-19-34(31)44-36)46-39-24-33(28-16-8-9-17-29(28)40(30)39)43(26-12-4-2-5-13-26)27-14-6-3-7-15-27/h2-24H,1H3. The fourth-order valence-electron chi connectivity index (χ4n) is 7.46. The molecule has 0 bridgehead atoms. The average Bonchev–Trinajstić information content (AvgIpc) is 3.45. The van der Waals surface area contributed by atoms with Crippen LogP contribution in [0.5, 0.6) is 23.0 Å². The second kappa shape index (κ2) is 9.74. The van der Waals surface area contributed by atoms with Gasteiger partial charge in [-0.25, -0.2) is 0 Å². The van der Waals surface area contributed by atoms with Gasteiger partial charge in [-0.05, 0) is 89.5 Å². The number of thiophene rings is 1. The molecule has 2 aliphatic rings. The number of aryl methyl sites for hydroxylation is 1. The SMILES string of the molecule is Cc1cc2c3c(c1)Oc1cc4c(cc1B3c1ccccc1O2)sc1cc(N(c2ccccc2)c2ccccc2)c2ccccc2c14. The lowest BCUT2D eigenvalue weighted by Crippen LogP contribution is -2.57. The van der Waals surface area contributed by atoms with Crippen LogP contribution in [0.4, 0.5) is 17.1 Å². The number of rotatable bonds is 3. The first kappa shape index (κ1) is 25.8. The van der Waals surface area contributed by atoms with E-state index < -0.39 is 0 Å². The van der Waals surface area contributed by atoms with E-state index in [4.69, 9.17) is 9.47 Å². The van der Waals surface area contributed by atoms with Crippen LogP contribution in [0, 0.1) is 6.92 Å². The lowest BCUT2D eigenvalue weighted by Gasteiger charge is -2.33. The number of nitrogens with zero attached hydrogens (tertiary/aromatic N) is 1. The Hall–Kier alpha value is -5.52. The van der Waals surface area contributed by atoms with Crippen molar-refractivity contribution < 1.29 is 9.47 Å². The zero-order chi connectivity index (χ0) is 30.4. The predicted octanol–water partition coefficient (Wildman–Crippen LogP) is 9.71. The van der Waals surface area contributed by atoms with Gasteiger partial charge >= 0.3 is 0 Å². The molecule has 0 radical (unpaired) electrons. The molecule has 0 saturated carbocycles. The summed E-state index contributed by atoms with van der Waals surface area (Å²) in [5, 5.41) is 4.95. The molecule has 0 unspecified atom stereocenters. The zero-order valence-corrected chi connectivity index (χ0v) is 25.8. The topological polar surface area (TPSA) is 21.7 Å². The van der Waals surface area contributed by atoms with Crippen LogP contribution >= 0.6 is 11.3 Å². The van der Waals surface area contributed by atoms with Crippen molar-refractivity contribution in [1.29, 1.82) is 0 Å². The second-order valence-corrected chi connectivity index (χ2v) is 13.2. The molecule has 2 aliphatic heterocycles. The Bertz CT molecular complexity index is 2470. The number of benzene rings is 7. The van der Waals surface area contributed by atoms with Gasteiger partial charge in [0.05, 0.1) is 5.69 Å². The van der Waals surface area contributed by atoms with Gasteiger partial charge in [0.25, 0.3) is 6.71 Å². The summed E-state index contributed by atoms with van der Waals surface area (Å²) in [5.41, 5.74) is 8.03. The number of hydrogen-bond donors (Lipinski definition) is 0. The molecule has 216 valence electrons. The molecule has 10 rings (SSSR count). The molecule has 46 heavy (non-hydrogen) atoms. The van der Waals surface area contributed by atoms with Crippen LogP contribution in [0.3, 0.4) is 0 Å². The van der Waals surface area contributed by atoms with Gasteiger partial charge in [-0.2, -0.15) is 0 Å². The third kappa shape index (κ3) is 3.73. The van der Waals surface area contributed by atoms with Crippen LogP contribution in [-0.4, -0.2) is 6.71 Å². The molecular formula is C41H26BNO2S. The highest BCUT2D eigenvalue weighted by molar-refractivity contribution is 7.26. The van der Waals surface area contributed by atoms with Crippen LogP contribution in [0.25, 0.3) is 30.9 Å². The van der Waals surface area contributed by atoms with Crippen LogP contribution in [-0.2, 0) is 0 Å². The minimum Gasteiger partial charge on any atom is -0.458 e. The summed E-state index contributed by atoms with van der Waals surface area (Å²) in [7, 11) is 0. The van der Waals surface area contributed by atoms with E-state index in [2.05, 4.69) is 145 Å². The van der Waals surface area contributed by atoms with E-state index in [1.54, 1.807) is 0 Å².